The first-order chi connectivity index (χ1) is 11.5. The Morgan fingerprint density at radius 2 is 2.17 bits per heavy atom. The molecular formula is C17H19NO3S3. The van der Waals surface area contributed by atoms with Gasteiger partial charge in [-0.2, -0.15) is 0 Å². The van der Waals surface area contributed by atoms with Gasteiger partial charge in [-0.25, -0.2) is 0 Å². The van der Waals surface area contributed by atoms with Gasteiger partial charge in [-0.1, -0.05) is 30.4 Å². The molecule has 128 valence electrons. The van der Waals surface area contributed by atoms with Gasteiger partial charge in [0.25, 0.3) is 5.91 Å². The van der Waals surface area contributed by atoms with Gasteiger partial charge >= 0.3 is 5.97 Å². The normalized spacial score (nSPS) is 20.9. The lowest BCUT2D eigenvalue weighted by molar-refractivity contribution is -0.152. The van der Waals surface area contributed by atoms with E-state index < -0.39 is 0 Å². The second kappa shape index (κ2) is 7.80. The molecule has 1 aliphatic heterocycles. The zero-order valence-electron chi connectivity index (χ0n) is 13.4. The van der Waals surface area contributed by atoms with Crippen LogP contribution in [0.2, 0.25) is 0 Å². The number of rotatable bonds is 4. The molecule has 0 bridgehead atoms. The van der Waals surface area contributed by atoms with Crippen LogP contribution in [0.15, 0.2) is 16.4 Å². The molecule has 2 aliphatic rings. The molecule has 0 atom stereocenters. The molecule has 1 aromatic rings. The van der Waals surface area contributed by atoms with E-state index in [0.717, 1.165) is 36.1 Å². The quantitative estimate of drug-likeness (QED) is 0.446. The second-order valence-corrected chi connectivity index (χ2v) is 8.61. The number of thiocarbonyl (C=S) groups is 1. The predicted octanol–water partition coefficient (Wildman–Crippen LogP) is 4.13. The van der Waals surface area contributed by atoms with Gasteiger partial charge in [0.15, 0.2) is 0 Å². The number of thiophene rings is 1. The smallest absolute Gasteiger partial charge is 0.326 e. The molecule has 2 fully saturated rings. The lowest BCUT2D eigenvalue weighted by atomic mass is 9.98. The van der Waals surface area contributed by atoms with Gasteiger partial charge in [-0.05, 0) is 55.7 Å². The van der Waals surface area contributed by atoms with E-state index in [1.165, 1.54) is 23.1 Å². The third-order valence-corrected chi connectivity index (χ3v) is 6.52. The van der Waals surface area contributed by atoms with Gasteiger partial charge in [-0.15, -0.1) is 11.3 Å². The van der Waals surface area contributed by atoms with Gasteiger partial charge in [0.05, 0.1) is 4.91 Å². The van der Waals surface area contributed by atoms with Gasteiger partial charge in [-0.3, -0.25) is 14.5 Å². The summed E-state index contributed by atoms with van der Waals surface area (Å²) >= 11 is 8.10. The van der Waals surface area contributed by atoms with Gasteiger partial charge < -0.3 is 4.74 Å². The van der Waals surface area contributed by atoms with E-state index in [-0.39, 0.29) is 24.5 Å². The van der Waals surface area contributed by atoms with Crippen LogP contribution in [-0.2, 0) is 14.3 Å². The predicted molar refractivity (Wildman–Crippen MR) is 102 cm³/mol. The fourth-order valence-corrected chi connectivity index (χ4v) is 4.99. The third-order valence-electron chi connectivity index (χ3n) is 4.18. The van der Waals surface area contributed by atoms with Crippen molar-refractivity contribution in [2.45, 2.75) is 45.1 Å². The lowest BCUT2D eigenvalue weighted by Crippen LogP contribution is -2.36. The standard InChI is InChI=1S/C17H19NO3S3/c1-11-7-8-23-13(11)9-14-16(20)18(17(22)24-14)10-15(19)21-12-5-3-2-4-6-12/h7-9,12H,2-6,10H2,1H3/b14-9-. The maximum atomic E-state index is 12.5. The molecule has 1 aromatic heterocycles. The van der Waals surface area contributed by atoms with Crippen molar-refractivity contribution < 1.29 is 14.3 Å². The van der Waals surface area contributed by atoms with Crippen LogP contribution in [-0.4, -0.2) is 33.7 Å². The van der Waals surface area contributed by atoms with E-state index in [9.17, 15) is 9.59 Å². The first-order valence-electron chi connectivity index (χ1n) is 8.03. The van der Waals surface area contributed by atoms with Crippen LogP contribution >= 0.6 is 35.3 Å². The van der Waals surface area contributed by atoms with Crippen LogP contribution in [0.25, 0.3) is 6.08 Å². The van der Waals surface area contributed by atoms with E-state index in [4.69, 9.17) is 17.0 Å². The third kappa shape index (κ3) is 4.07. The summed E-state index contributed by atoms with van der Waals surface area (Å²) in [7, 11) is 0. The van der Waals surface area contributed by atoms with Crippen molar-refractivity contribution >= 4 is 57.6 Å². The lowest BCUT2D eigenvalue weighted by Gasteiger charge is -2.23. The van der Waals surface area contributed by atoms with Gasteiger partial charge in [0.2, 0.25) is 0 Å². The van der Waals surface area contributed by atoms with Crippen LogP contribution in [0.5, 0.6) is 0 Å². The molecular weight excluding hydrogens is 362 g/mol. The highest BCUT2D eigenvalue weighted by Gasteiger charge is 2.34. The van der Waals surface area contributed by atoms with E-state index in [1.807, 2.05) is 24.4 Å². The van der Waals surface area contributed by atoms with E-state index in [2.05, 4.69) is 0 Å². The molecule has 7 heteroatoms. The molecule has 2 heterocycles. The minimum absolute atomic E-state index is 0.00559. The van der Waals surface area contributed by atoms with Crippen LogP contribution in [0.3, 0.4) is 0 Å². The van der Waals surface area contributed by atoms with Crippen molar-refractivity contribution in [3.8, 4) is 0 Å². The zero-order chi connectivity index (χ0) is 17.1. The fraction of sp³-hybridized carbons (Fsp3) is 0.471. The highest BCUT2D eigenvalue weighted by Crippen LogP contribution is 2.34. The number of esters is 1. The Hall–Kier alpha value is -1.18. The molecule has 3 rings (SSSR count). The minimum atomic E-state index is -0.369. The molecule has 0 spiro atoms. The summed E-state index contributed by atoms with van der Waals surface area (Å²) in [5.41, 5.74) is 1.13. The second-order valence-electron chi connectivity index (χ2n) is 5.99. The first-order valence-corrected chi connectivity index (χ1v) is 10.1. The number of carbonyl (C=O) groups is 2. The molecule has 1 saturated heterocycles. The highest BCUT2D eigenvalue weighted by molar-refractivity contribution is 8.26. The van der Waals surface area contributed by atoms with Gasteiger partial charge in [0, 0.05) is 4.88 Å². The monoisotopic (exact) mass is 381 g/mol. The summed E-state index contributed by atoms with van der Waals surface area (Å²) in [6.07, 6.45) is 7.09. The summed E-state index contributed by atoms with van der Waals surface area (Å²) in [5, 5.41) is 1.99. The minimum Gasteiger partial charge on any atom is -0.461 e. The maximum Gasteiger partial charge on any atom is 0.326 e. The largest absolute Gasteiger partial charge is 0.461 e. The average molecular weight is 382 g/mol. The molecule has 0 radical (unpaired) electrons. The fourth-order valence-electron chi connectivity index (χ4n) is 2.82. The molecule has 0 N–H and O–H groups in total. The van der Waals surface area contributed by atoms with Crippen molar-refractivity contribution in [1.82, 2.24) is 4.90 Å². The topological polar surface area (TPSA) is 46.6 Å². The molecule has 0 aromatic carbocycles. The number of amides is 1. The number of hydrogen-bond acceptors (Lipinski definition) is 6. The van der Waals surface area contributed by atoms with Crippen molar-refractivity contribution in [2.24, 2.45) is 0 Å². The van der Waals surface area contributed by atoms with Crippen LogP contribution in [0.1, 0.15) is 42.5 Å². The SMILES string of the molecule is Cc1ccsc1/C=C1\SC(=S)N(CC(=O)OC2CCCCC2)C1=O. The molecule has 1 amide bonds. The van der Waals surface area contributed by atoms with Crippen LogP contribution < -0.4 is 0 Å². The van der Waals surface area contributed by atoms with Crippen molar-refractivity contribution in [3.05, 3.63) is 26.8 Å². The number of nitrogens with zero attached hydrogens (tertiary/aromatic N) is 1. The number of thioether (sulfide) groups is 1. The Labute approximate surface area is 155 Å². The number of carbonyl (C=O) groups excluding carboxylic acids is 2. The molecule has 1 aliphatic carbocycles. The number of ether oxygens (including phenoxy) is 1. The van der Waals surface area contributed by atoms with Crippen LogP contribution in [0.4, 0.5) is 0 Å². The summed E-state index contributed by atoms with van der Waals surface area (Å²) < 4.78 is 5.91. The van der Waals surface area contributed by atoms with E-state index in [1.54, 1.807) is 11.3 Å². The van der Waals surface area contributed by atoms with Crippen LogP contribution in [0, 0.1) is 6.92 Å². The molecule has 24 heavy (non-hydrogen) atoms. The summed E-state index contributed by atoms with van der Waals surface area (Å²) in [5.74, 6) is -0.579. The van der Waals surface area contributed by atoms with Crippen molar-refractivity contribution in [2.75, 3.05) is 6.54 Å². The van der Waals surface area contributed by atoms with E-state index >= 15 is 0 Å². The number of hydrogen-bond donors (Lipinski definition) is 0. The Morgan fingerprint density at radius 1 is 1.42 bits per heavy atom. The molecule has 1 saturated carbocycles. The molecule has 4 nitrogen and oxygen atoms in total. The average Bonchev–Trinajstić information content (AvgIpc) is 3.07. The number of aryl methyl sites for hydroxylation is 1. The Morgan fingerprint density at radius 3 is 2.83 bits per heavy atom. The molecule has 0 unspecified atom stereocenters. The van der Waals surface area contributed by atoms with Crippen molar-refractivity contribution in [1.29, 1.82) is 0 Å². The van der Waals surface area contributed by atoms with E-state index in [0.29, 0.717) is 9.23 Å². The van der Waals surface area contributed by atoms with Crippen molar-refractivity contribution in [3.63, 3.8) is 0 Å². The van der Waals surface area contributed by atoms with Gasteiger partial charge in [0.1, 0.15) is 17.0 Å². The Bertz CT molecular complexity index is 689. The Kier molecular flexibility index (Phi) is 5.73. The summed E-state index contributed by atoms with van der Waals surface area (Å²) in [4.78, 5) is 27.6. The first kappa shape index (κ1) is 17.6. The zero-order valence-corrected chi connectivity index (χ0v) is 15.9. The highest BCUT2D eigenvalue weighted by atomic mass is 32.2. The summed E-state index contributed by atoms with van der Waals surface area (Å²) in [6.45, 7) is 1.91. The Balaban J connectivity index is 1.63. The maximum absolute atomic E-state index is 12.5. The summed E-state index contributed by atoms with van der Waals surface area (Å²) in [6, 6.07) is 2.01.